The molecule has 0 bridgehead atoms. The number of Topliss-reactive ketones (excluding diaryl/α,β-unsaturated/α-hetero) is 1. The molecule has 1 aliphatic heterocycles. The van der Waals surface area contributed by atoms with Crippen molar-refractivity contribution in [1.82, 2.24) is 9.55 Å². The molecule has 0 unspecified atom stereocenters. The molecule has 4 aromatic rings. The van der Waals surface area contributed by atoms with Crippen LogP contribution in [0.2, 0.25) is 0 Å². The summed E-state index contributed by atoms with van der Waals surface area (Å²) in [7, 11) is 0. The first kappa shape index (κ1) is 24.4. The van der Waals surface area contributed by atoms with E-state index >= 15 is 0 Å². The van der Waals surface area contributed by atoms with Crippen molar-refractivity contribution in [3.05, 3.63) is 84.9 Å². The number of hydrogen-bond donors (Lipinski definition) is 0. The molecule has 0 saturated heterocycles. The van der Waals surface area contributed by atoms with E-state index in [1.807, 2.05) is 43.3 Å². The van der Waals surface area contributed by atoms with Gasteiger partial charge in [-0.3, -0.25) is 14.2 Å². The van der Waals surface area contributed by atoms with E-state index < -0.39 is 0 Å². The van der Waals surface area contributed by atoms with E-state index in [1.54, 1.807) is 16.7 Å². The predicted molar refractivity (Wildman–Crippen MR) is 146 cm³/mol. The Morgan fingerprint density at radius 2 is 1.97 bits per heavy atom. The molecule has 5 rings (SSSR count). The Bertz CT molecular complexity index is 1470. The lowest BCUT2D eigenvalue weighted by Gasteiger charge is -2.26. The fourth-order valence-electron chi connectivity index (χ4n) is 4.31. The summed E-state index contributed by atoms with van der Waals surface area (Å²) >= 11 is 6.24. The molecule has 0 aliphatic carbocycles. The van der Waals surface area contributed by atoms with Gasteiger partial charge in [0.05, 0.1) is 29.5 Å². The highest BCUT2D eigenvalue weighted by Crippen LogP contribution is 2.36. The molecular weight excluding hydrogens is 544 g/mol. The number of nitrogens with zero attached hydrogens (tertiary/aromatic N) is 2. The number of hydrogen-bond acceptors (Lipinski definition) is 6. The number of carbonyl (C=O) groups is 1. The van der Waals surface area contributed by atoms with Gasteiger partial charge in [-0.05, 0) is 42.2 Å². The zero-order valence-corrected chi connectivity index (χ0v) is 22.9. The maximum absolute atomic E-state index is 14.0. The maximum Gasteiger partial charge on any atom is 0.267 e. The van der Waals surface area contributed by atoms with Gasteiger partial charge < -0.3 is 4.74 Å². The van der Waals surface area contributed by atoms with Crippen LogP contribution in [0.25, 0.3) is 15.9 Å². The number of aromatic nitrogens is 2. The SMILES string of the molecule is Cc1ccccc1-n1c(SCC(=O)c2ccc(Br)cc2)nc2sc3c(c2c1=O)C[C@H](C(C)C)OC3. The van der Waals surface area contributed by atoms with Crippen LogP contribution in [0.15, 0.2) is 63.0 Å². The van der Waals surface area contributed by atoms with E-state index in [2.05, 4.69) is 29.8 Å². The van der Waals surface area contributed by atoms with Crippen LogP contribution in [0, 0.1) is 12.8 Å². The van der Waals surface area contributed by atoms with E-state index in [1.165, 1.54) is 23.1 Å². The summed E-state index contributed by atoms with van der Waals surface area (Å²) in [5.74, 6) is 0.547. The summed E-state index contributed by atoms with van der Waals surface area (Å²) < 4.78 is 8.66. The number of para-hydroxylation sites is 1. The molecule has 2 aromatic carbocycles. The number of carbonyl (C=O) groups excluding carboxylic acids is 1. The van der Waals surface area contributed by atoms with Gasteiger partial charge in [0.1, 0.15) is 4.83 Å². The molecule has 0 saturated carbocycles. The van der Waals surface area contributed by atoms with Gasteiger partial charge >= 0.3 is 0 Å². The molecule has 1 atom stereocenters. The van der Waals surface area contributed by atoms with Crippen LogP contribution in [0.1, 0.15) is 40.2 Å². The number of rotatable bonds is 6. The minimum absolute atomic E-state index is 0.00757. The predicted octanol–water partition coefficient (Wildman–Crippen LogP) is 6.59. The molecular formula is C27H25BrN2O3S2. The first-order valence-electron chi connectivity index (χ1n) is 11.5. The van der Waals surface area contributed by atoms with Crippen molar-refractivity contribution in [3.8, 4) is 5.69 Å². The fraction of sp³-hybridized carbons (Fsp3) is 0.296. The van der Waals surface area contributed by atoms with Crippen LogP contribution in [-0.4, -0.2) is 27.2 Å². The number of thioether (sulfide) groups is 1. The second kappa shape index (κ2) is 10.0. The first-order chi connectivity index (χ1) is 16.8. The van der Waals surface area contributed by atoms with Gasteiger partial charge in [-0.1, -0.05) is 71.9 Å². The number of thiophene rings is 1. The van der Waals surface area contributed by atoms with E-state index in [9.17, 15) is 9.59 Å². The van der Waals surface area contributed by atoms with E-state index in [-0.39, 0.29) is 23.2 Å². The lowest BCUT2D eigenvalue weighted by molar-refractivity contribution is 0.00200. The summed E-state index contributed by atoms with van der Waals surface area (Å²) in [6.45, 7) is 6.78. The summed E-state index contributed by atoms with van der Waals surface area (Å²) in [5, 5.41) is 1.22. The van der Waals surface area contributed by atoms with Crippen molar-refractivity contribution in [2.75, 3.05) is 5.75 Å². The van der Waals surface area contributed by atoms with Crippen molar-refractivity contribution in [1.29, 1.82) is 0 Å². The molecule has 5 nitrogen and oxygen atoms in total. The molecule has 8 heteroatoms. The second-order valence-electron chi connectivity index (χ2n) is 9.02. The molecule has 2 aromatic heterocycles. The Labute approximate surface area is 220 Å². The maximum atomic E-state index is 14.0. The summed E-state index contributed by atoms with van der Waals surface area (Å²) in [5.41, 5.74) is 3.39. The number of benzene rings is 2. The van der Waals surface area contributed by atoms with Gasteiger partial charge in [-0.15, -0.1) is 11.3 Å². The third-order valence-corrected chi connectivity index (χ3v) is 8.88. The highest BCUT2D eigenvalue weighted by Gasteiger charge is 2.29. The van der Waals surface area contributed by atoms with E-state index in [0.29, 0.717) is 35.1 Å². The highest BCUT2D eigenvalue weighted by molar-refractivity contribution is 9.10. The zero-order valence-electron chi connectivity index (χ0n) is 19.7. The molecule has 0 amide bonds. The molecule has 35 heavy (non-hydrogen) atoms. The van der Waals surface area contributed by atoms with Crippen molar-refractivity contribution < 1.29 is 9.53 Å². The average Bonchev–Trinajstić information content (AvgIpc) is 3.21. The smallest absolute Gasteiger partial charge is 0.267 e. The van der Waals surface area contributed by atoms with E-state index in [4.69, 9.17) is 9.72 Å². The van der Waals surface area contributed by atoms with Crippen LogP contribution >= 0.6 is 39.0 Å². The normalized spacial score (nSPS) is 15.5. The van der Waals surface area contributed by atoms with Gasteiger partial charge in [-0.25, -0.2) is 4.98 Å². The molecule has 1 aliphatic rings. The van der Waals surface area contributed by atoms with Gasteiger partial charge in [0.25, 0.3) is 5.56 Å². The largest absolute Gasteiger partial charge is 0.372 e. The molecule has 0 spiro atoms. The first-order valence-corrected chi connectivity index (χ1v) is 14.1. The Kier molecular flexibility index (Phi) is 6.99. The highest BCUT2D eigenvalue weighted by atomic mass is 79.9. The number of aryl methyl sites for hydroxylation is 1. The van der Waals surface area contributed by atoms with Crippen LogP contribution in [0.4, 0.5) is 0 Å². The summed E-state index contributed by atoms with van der Waals surface area (Å²) in [6, 6.07) is 15.1. The molecule has 0 radical (unpaired) electrons. The minimum Gasteiger partial charge on any atom is -0.372 e. The van der Waals surface area contributed by atoms with E-state index in [0.717, 1.165) is 31.0 Å². The third kappa shape index (κ3) is 4.77. The summed E-state index contributed by atoms with van der Waals surface area (Å²) in [6.07, 6.45) is 0.802. The number of ether oxygens (including phenoxy) is 1. The van der Waals surface area contributed by atoms with Crippen molar-refractivity contribution >= 4 is 55.0 Å². The van der Waals surface area contributed by atoms with Crippen molar-refractivity contribution in [3.63, 3.8) is 0 Å². The van der Waals surface area contributed by atoms with Gasteiger partial charge in [0.2, 0.25) is 0 Å². The fourth-order valence-corrected chi connectivity index (χ4v) is 6.64. The monoisotopic (exact) mass is 568 g/mol. The molecule has 180 valence electrons. The molecule has 3 heterocycles. The number of ketones is 1. The second-order valence-corrected chi connectivity index (χ2v) is 12.0. The van der Waals surface area contributed by atoms with Gasteiger partial charge in [0.15, 0.2) is 10.9 Å². The Balaban J connectivity index is 1.61. The lowest BCUT2D eigenvalue weighted by Crippen LogP contribution is -2.28. The Morgan fingerprint density at radius 1 is 1.23 bits per heavy atom. The van der Waals surface area contributed by atoms with Gasteiger partial charge in [0, 0.05) is 21.3 Å². The topological polar surface area (TPSA) is 61.2 Å². The van der Waals surface area contributed by atoms with Crippen LogP contribution < -0.4 is 5.56 Å². The third-order valence-electron chi connectivity index (χ3n) is 6.31. The van der Waals surface area contributed by atoms with Crippen molar-refractivity contribution in [2.45, 2.75) is 45.1 Å². The van der Waals surface area contributed by atoms with Gasteiger partial charge in [-0.2, -0.15) is 0 Å². The lowest BCUT2D eigenvalue weighted by atomic mass is 9.96. The average molecular weight is 570 g/mol. The minimum atomic E-state index is -0.0789. The number of fused-ring (bicyclic) bond motifs is 3. The van der Waals surface area contributed by atoms with Crippen LogP contribution in [0.5, 0.6) is 0 Å². The molecule has 0 fully saturated rings. The Hall–Kier alpha value is -2.26. The van der Waals surface area contributed by atoms with Crippen molar-refractivity contribution in [2.24, 2.45) is 5.92 Å². The quantitative estimate of drug-likeness (QED) is 0.149. The molecule has 0 N–H and O–H groups in total. The summed E-state index contributed by atoms with van der Waals surface area (Å²) in [4.78, 5) is 33.7. The zero-order chi connectivity index (χ0) is 24.7. The Morgan fingerprint density at radius 3 is 2.69 bits per heavy atom. The standard InChI is InChI=1S/C27H25BrN2O3S2/c1-15(2)22-12-19-23(13-33-22)35-25-24(19)26(32)30(20-7-5-4-6-16(20)3)27(29-25)34-14-21(31)17-8-10-18(28)11-9-17/h4-11,15,22H,12-14H2,1-3H3/t22-/m1/s1. The van der Waals surface area contributed by atoms with Crippen LogP contribution in [-0.2, 0) is 17.8 Å². The van der Waals surface area contributed by atoms with Crippen LogP contribution in [0.3, 0.4) is 0 Å². The number of halogens is 1.